The molecule has 1 aliphatic rings. The highest BCUT2D eigenvalue weighted by Crippen LogP contribution is 2.24. The van der Waals surface area contributed by atoms with Gasteiger partial charge in [-0.3, -0.25) is 4.98 Å². The number of guanidine groups is 1. The SMILES string of the molecule is COc1cccc2cc(CN3C(N)=NC=CC3N)cnc12. The van der Waals surface area contributed by atoms with E-state index in [9.17, 15) is 0 Å². The van der Waals surface area contributed by atoms with E-state index in [1.54, 1.807) is 19.4 Å². The molecular formula is C15H17N5O. The lowest BCUT2D eigenvalue weighted by molar-refractivity contribution is 0.348. The first-order chi connectivity index (χ1) is 10.2. The summed E-state index contributed by atoms with van der Waals surface area (Å²) in [6.07, 6.45) is 4.96. The van der Waals surface area contributed by atoms with Crippen LogP contribution < -0.4 is 16.2 Å². The standard InChI is InChI=1S/C15H17N5O/c1-21-12-4-2-3-11-7-10(8-19-14(11)12)9-20-13(16)5-6-18-15(20)17/h2-8,13H,9,16H2,1H3,(H2,17,18). The molecule has 6 nitrogen and oxygen atoms in total. The predicted molar refractivity (Wildman–Crippen MR) is 82.6 cm³/mol. The van der Waals surface area contributed by atoms with Gasteiger partial charge in [0.1, 0.15) is 17.4 Å². The molecule has 1 unspecified atom stereocenters. The fourth-order valence-electron chi connectivity index (χ4n) is 2.35. The van der Waals surface area contributed by atoms with E-state index in [1.165, 1.54) is 0 Å². The van der Waals surface area contributed by atoms with E-state index < -0.39 is 0 Å². The predicted octanol–water partition coefficient (Wildman–Crippen LogP) is 1.17. The minimum absolute atomic E-state index is 0.275. The second-order valence-electron chi connectivity index (χ2n) is 4.82. The Morgan fingerprint density at radius 1 is 1.38 bits per heavy atom. The van der Waals surface area contributed by atoms with Gasteiger partial charge in [-0.25, -0.2) is 4.99 Å². The van der Waals surface area contributed by atoms with Crippen molar-refractivity contribution in [1.29, 1.82) is 0 Å². The Labute approximate surface area is 122 Å². The van der Waals surface area contributed by atoms with Gasteiger partial charge in [0.05, 0.1) is 7.11 Å². The summed E-state index contributed by atoms with van der Waals surface area (Å²) < 4.78 is 5.31. The number of nitrogens with zero attached hydrogens (tertiary/aromatic N) is 3. The summed E-state index contributed by atoms with van der Waals surface area (Å²) in [4.78, 5) is 10.4. The number of fused-ring (bicyclic) bond motifs is 1. The first-order valence-electron chi connectivity index (χ1n) is 6.63. The van der Waals surface area contributed by atoms with Gasteiger partial charge in [-0.05, 0) is 23.8 Å². The quantitative estimate of drug-likeness (QED) is 0.882. The molecule has 0 spiro atoms. The molecule has 4 N–H and O–H groups in total. The van der Waals surface area contributed by atoms with Crippen molar-refractivity contribution in [3.63, 3.8) is 0 Å². The number of rotatable bonds is 3. The fourth-order valence-corrected chi connectivity index (χ4v) is 2.35. The molecule has 0 aliphatic carbocycles. The van der Waals surface area contributed by atoms with Gasteiger partial charge in [-0.15, -0.1) is 0 Å². The Morgan fingerprint density at radius 3 is 3.00 bits per heavy atom. The zero-order valence-electron chi connectivity index (χ0n) is 11.7. The molecule has 0 fully saturated rings. The highest BCUT2D eigenvalue weighted by molar-refractivity contribution is 5.85. The third-order valence-electron chi connectivity index (χ3n) is 3.45. The van der Waals surface area contributed by atoms with E-state index in [4.69, 9.17) is 16.2 Å². The lowest BCUT2D eigenvalue weighted by Crippen LogP contribution is -2.49. The van der Waals surface area contributed by atoms with Crippen molar-refractivity contribution in [2.75, 3.05) is 7.11 Å². The molecule has 2 heterocycles. The number of para-hydroxylation sites is 1. The monoisotopic (exact) mass is 283 g/mol. The van der Waals surface area contributed by atoms with E-state index in [0.29, 0.717) is 12.5 Å². The molecule has 1 atom stereocenters. The molecule has 0 bridgehead atoms. The number of hydrogen-bond acceptors (Lipinski definition) is 6. The lowest BCUT2D eigenvalue weighted by atomic mass is 10.1. The average Bonchev–Trinajstić information content (AvgIpc) is 2.50. The van der Waals surface area contributed by atoms with Gasteiger partial charge in [0.25, 0.3) is 0 Å². The van der Waals surface area contributed by atoms with E-state index in [0.717, 1.165) is 22.2 Å². The lowest BCUT2D eigenvalue weighted by Gasteiger charge is -2.29. The molecular weight excluding hydrogens is 266 g/mol. The van der Waals surface area contributed by atoms with Gasteiger partial charge in [0.2, 0.25) is 0 Å². The normalized spacial score (nSPS) is 17.9. The molecule has 0 saturated carbocycles. The first-order valence-corrected chi connectivity index (χ1v) is 6.63. The van der Waals surface area contributed by atoms with Crippen molar-refractivity contribution in [3.8, 4) is 5.75 Å². The van der Waals surface area contributed by atoms with Gasteiger partial charge in [-0.2, -0.15) is 0 Å². The number of aliphatic imine (C=N–C) groups is 1. The maximum atomic E-state index is 6.01. The summed E-state index contributed by atoms with van der Waals surface area (Å²) >= 11 is 0. The zero-order valence-corrected chi connectivity index (χ0v) is 11.7. The third kappa shape index (κ3) is 2.53. The van der Waals surface area contributed by atoms with Crippen LogP contribution in [0.5, 0.6) is 5.75 Å². The summed E-state index contributed by atoms with van der Waals surface area (Å²) in [5.41, 5.74) is 13.7. The molecule has 1 aliphatic heterocycles. The minimum atomic E-state index is -0.275. The molecule has 6 heteroatoms. The molecule has 21 heavy (non-hydrogen) atoms. The van der Waals surface area contributed by atoms with Crippen molar-refractivity contribution in [1.82, 2.24) is 9.88 Å². The number of methoxy groups -OCH3 is 1. The Morgan fingerprint density at radius 2 is 2.24 bits per heavy atom. The molecule has 1 aromatic heterocycles. The average molecular weight is 283 g/mol. The van der Waals surface area contributed by atoms with E-state index in [2.05, 4.69) is 16.0 Å². The van der Waals surface area contributed by atoms with E-state index in [1.807, 2.05) is 29.3 Å². The van der Waals surface area contributed by atoms with Crippen LogP contribution in [0.25, 0.3) is 10.9 Å². The number of aromatic nitrogens is 1. The molecule has 1 aromatic carbocycles. The molecule has 0 radical (unpaired) electrons. The smallest absolute Gasteiger partial charge is 0.197 e. The Hall–Kier alpha value is -2.60. The summed E-state index contributed by atoms with van der Waals surface area (Å²) in [5, 5.41) is 1.02. The third-order valence-corrected chi connectivity index (χ3v) is 3.45. The van der Waals surface area contributed by atoms with Gasteiger partial charge in [0.15, 0.2) is 5.96 Å². The zero-order chi connectivity index (χ0) is 14.8. The second-order valence-corrected chi connectivity index (χ2v) is 4.82. The fraction of sp³-hybridized carbons (Fsp3) is 0.200. The maximum absolute atomic E-state index is 6.01. The summed E-state index contributed by atoms with van der Waals surface area (Å²) in [6, 6.07) is 7.90. The van der Waals surface area contributed by atoms with Crippen LogP contribution in [-0.4, -0.2) is 29.1 Å². The van der Waals surface area contributed by atoms with Crippen LogP contribution in [-0.2, 0) is 6.54 Å². The highest BCUT2D eigenvalue weighted by Gasteiger charge is 2.17. The van der Waals surface area contributed by atoms with Crippen molar-refractivity contribution in [2.45, 2.75) is 12.7 Å². The highest BCUT2D eigenvalue weighted by atomic mass is 16.5. The number of hydrogen-bond donors (Lipinski definition) is 2. The van der Waals surface area contributed by atoms with Crippen LogP contribution in [0.4, 0.5) is 0 Å². The van der Waals surface area contributed by atoms with Crippen LogP contribution >= 0.6 is 0 Å². The molecule has 2 aromatic rings. The second kappa shape index (κ2) is 5.41. The number of benzene rings is 1. The summed E-state index contributed by atoms with van der Waals surface area (Å²) in [5.74, 6) is 1.17. The topological polar surface area (TPSA) is 89.8 Å². The van der Waals surface area contributed by atoms with Gasteiger partial charge in [0, 0.05) is 24.3 Å². The summed E-state index contributed by atoms with van der Waals surface area (Å²) in [6.45, 7) is 0.557. The molecule has 0 saturated heterocycles. The minimum Gasteiger partial charge on any atom is -0.494 e. The van der Waals surface area contributed by atoms with Crippen molar-refractivity contribution >= 4 is 16.9 Å². The van der Waals surface area contributed by atoms with Crippen LogP contribution in [0.1, 0.15) is 5.56 Å². The van der Waals surface area contributed by atoms with Crippen molar-refractivity contribution in [2.24, 2.45) is 16.5 Å². The molecule has 0 amide bonds. The molecule has 3 rings (SSSR count). The Bertz CT molecular complexity index is 725. The van der Waals surface area contributed by atoms with Crippen molar-refractivity contribution < 1.29 is 4.74 Å². The number of ether oxygens (including phenoxy) is 1. The van der Waals surface area contributed by atoms with Gasteiger partial charge < -0.3 is 21.1 Å². The number of pyridine rings is 1. The van der Waals surface area contributed by atoms with Crippen LogP contribution in [0.2, 0.25) is 0 Å². The maximum Gasteiger partial charge on any atom is 0.197 e. The van der Waals surface area contributed by atoms with Crippen molar-refractivity contribution in [3.05, 3.63) is 48.3 Å². The van der Waals surface area contributed by atoms with Gasteiger partial charge in [-0.1, -0.05) is 12.1 Å². The van der Waals surface area contributed by atoms with Crippen LogP contribution in [0.3, 0.4) is 0 Å². The van der Waals surface area contributed by atoms with Gasteiger partial charge >= 0.3 is 0 Å². The molecule has 108 valence electrons. The number of nitrogens with two attached hydrogens (primary N) is 2. The first kappa shape index (κ1) is 13.4. The Balaban J connectivity index is 1.92. The van der Waals surface area contributed by atoms with Crippen LogP contribution in [0, 0.1) is 0 Å². The van der Waals surface area contributed by atoms with E-state index >= 15 is 0 Å². The summed E-state index contributed by atoms with van der Waals surface area (Å²) in [7, 11) is 1.64. The largest absolute Gasteiger partial charge is 0.494 e. The van der Waals surface area contributed by atoms with Crippen LogP contribution in [0.15, 0.2) is 47.7 Å². The Kier molecular flexibility index (Phi) is 3.45. The van der Waals surface area contributed by atoms with E-state index in [-0.39, 0.29) is 6.17 Å².